The van der Waals surface area contributed by atoms with Crippen molar-refractivity contribution >= 4 is 5.78 Å². The molecule has 0 aromatic heterocycles. The van der Waals surface area contributed by atoms with Crippen molar-refractivity contribution in [1.82, 2.24) is 5.32 Å². The van der Waals surface area contributed by atoms with Crippen LogP contribution in [0.1, 0.15) is 42.0 Å². The van der Waals surface area contributed by atoms with Crippen molar-refractivity contribution in [2.75, 3.05) is 7.05 Å². The fourth-order valence-electron chi connectivity index (χ4n) is 1.05. The van der Waals surface area contributed by atoms with Gasteiger partial charge in [0.1, 0.15) is 0 Å². The van der Waals surface area contributed by atoms with E-state index in [4.69, 9.17) is 0 Å². The van der Waals surface area contributed by atoms with E-state index >= 15 is 0 Å². The standard InChI is InChI=1S/C9H19NO.CH4/c1-8(2,3)7(11)9(4,5)10-6;/h10H,1-6H3;1H4. The third kappa shape index (κ3) is 3.35. The lowest BCUT2D eigenvalue weighted by Gasteiger charge is -2.30. The minimum Gasteiger partial charge on any atom is -0.308 e. The Morgan fingerprint density at radius 1 is 1.08 bits per heavy atom. The minimum atomic E-state index is -0.405. The predicted octanol–water partition coefficient (Wildman–Crippen LogP) is 2.24. The average Bonchev–Trinajstić information content (AvgIpc) is 1.84. The Morgan fingerprint density at radius 3 is 1.50 bits per heavy atom. The first-order chi connectivity index (χ1) is 4.72. The summed E-state index contributed by atoms with van der Waals surface area (Å²) in [6.07, 6.45) is 0. The average molecular weight is 173 g/mol. The lowest BCUT2D eigenvalue weighted by atomic mass is 9.80. The van der Waals surface area contributed by atoms with Gasteiger partial charge in [0.25, 0.3) is 0 Å². The molecule has 0 saturated carbocycles. The summed E-state index contributed by atoms with van der Waals surface area (Å²) in [6, 6.07) is 0. The summed E-state index contributed by atoms with van der Waals surface area (Å²) in [5.41, 5.74) is -0.662. The fraction of sp³-hybridized carbons (Fsp3) is 0.900. The maximum Gasteiger partial charge on any atom is 0.157 e. The molecular formula is C10H23NO. The Hall–Kier alpha value is -0.370. The van der Waals surface area contributed by atoms with Crippen molar-refractivity contribution in [3.05, 3.63) is 0 Å². The summed E-state index contributed by atoms with van der Waals surface area (Å²) in [5, 5.41) is 3.00. The molecule has 0 fully saturated rings. The van der Waals surface area contributed by atoms with Crippen molar-refractivity contribution in [3.8, 4) is 0 Å². The summed E-state index contributed by atoms with van der Waals surface area (Å²) >= 11 is 0. The lowest BCUT2D eigenvalue weighted by Crippen LogP contribution is -2.49. The molecule has 0 aliphatic heterocycles. The number of hydrogen-bond donors (Lipinski definition) is 1. The minimum absolute atomic E-state index is 0. The molecule has 1 N–H and O–H groups in total. The number of hydrogen-bond acceptors (Lipinski definition) is 2. The van der Waals surface area contributed by atoms with Crippen molar-refractivity contribution in [1.29, 1.82) is 0 Å². The molecular weight excluding hydrogens is 150 g/mol. The predicted molar refractivity (Wildman–Crippen MR) is 54.3 cm³/mol. The maximum absolute atomic E-state index is 11.7. The van der Waals surface area contributed by atoms with Crippen LogP contribution in [0.3, 0.4) is 0 Å². The number of carbonyl (C=O) groups excluding carboxylic acids is 1. The van der Waals surface area contributed by atoms with E-state index < -0.39 is 5.54 Å². The Morgan fingerprint density at radius 2 is 1.42 bits per heavy atom. The maximum atomic E-state index is 11.7. The van der Waals surface area contributed by atoms with E-state index in [1.54, 1.807) is 0 Å². The van der Waals surface area contributed by atoms with Gasteiger partial charge >= 0.3 is 0 Å². The lowest BCUT2D eigenvalue weighted by molar-refractivity contribution is -0.131. The van der Waals surface area contributed by atoms with Gasteiger partial charge in [0.2, 0.25) is 0 Å². The molecule has 0 aromatic rings. The van der Waals surface area contributed by atoms with Gasteiger partial charge in [-0.25, -0.2) is 0 Å². The molecule has 0 rings (SSSR count). The second kappa shape index (κ2) is 4.04. The molecule has 74 valence electrons. The molecule has 0 spiro atoms. The van der Waals surface area contributed by atoms with Crippen LogP contribution in [0.2, 0.25) is 0 Å². The SMILES string of the molecule is C.CNC(C)(C)C(=O)C(C)(C)C. The zero-order valence-electron chi connectivity index (χ0n) is 8.41. The summed E-state index contributed by atoms with van der Waals surface area (Å²) in [6.45, 7) is 9.62. The molecule has 0 aliphatic carbocycles. The van der Waals surface area contributed by atoms with Gasteiger partial charge in [-0.05, 0) is 20.9 Å². The largest absolute Gasteiger partial charge is 0.308 e. The van der Waals surface area contributed by atoms with Gasteiger partial charge < -0.3 is 5.32 Å². The van der Waals surface area contributed by atoms with Crippen LogP contribution in [-0.4, -0.2) is 18.4 Å². The van der Waals surface area contributed by atoms with Crippen molar-refractivity contribution in [2.45, 2.75) is 47.6 Å². The molecule has 0 amide bonds. The van der Waals surface area contributed by atoms with Gasteiger partial charge in [-0.1, -0.05) is 28.2 Å². The zero-order valence-corrected chi connectivity index (χ0v) is 8.41. The third-order valence-corrected chi connectivity index (χ3v) is 1.87. The highest BCUT2D eigenvalue weighted by atomic mass is 16.1. The van der Waals surface area contributed by atoms with Crippen LogP contribution in [0.4, 0.5) is 0 Å². The van der Waals surface area contributed by atoms with Crippen molar-refractivity contribution < 1.29 is 4.79 Å². The van der Waals surface area contributed by atoms with Gasteiger partial charge in [0, 0.05) is 5.41 Å². The first kappa shape index (κ1) is 14.2. The Kier molecular flexibility index (Phi) is 4.77. The third-order valence-electron chi connectivity index (χ3n) is 1.87. The smallest absolute Gasteiger partial charge is 0.157 e. The summed E-state index contributed by atoms with van der Waals surface area (Å²) in [7, 11) is 1.81. The highest BCUT2D eigenvalue weighted by Gasteiger charge is 2.34. The van der Waals surface area contributed by atoms with Crippen LogP contribution in [0.15, 0.2) is 0 Å². The highest BCUT2D eigenvalue weighted by Crippen LogP contribution is 2.21. The molecule has 0 unspecified atom stereocenters. The fourth-order valence-corrected chi connectivity index (χ4v) is 1.05. The van der Waals surface area contributed by atoms with E-state index in [0.717, 1.165) is 0 Å². The van der Waals surface area contributed by atoms with E-state index in [1.165, 1.54) is 0 Å². The molecule has 0 atom stereocenters. The molecule has 2 nitrogen and oxygen atoms in total. The molecule has 0 radical (unpaired) electrons. The number of Topliss-reactive ketones (excluding diaryl/α,β-unsaturated/α-hetero) is 1. The normalized spacial score (nSPS) is 12.2. The number of likely N-dealkylation sites (N-methyl/N-ethyl adjacent to an activating group) is 1. The second-order valence-electron chi connectivity index (χ2n) is 4.45. The zero-order chi connectivity index (χ0) is 9.28. The molecule has 2 heteroatoms. The second-order valence-corrected chi connectivity index (χ2v) is 4.45. The summed E-state index contributed by atoms with van der Waals surface area (Å²) in [4.78, 5) is 11.7. The topological polar surface area (TPSA) is 29.1 Å². The van der Waals surface area contributed by atoms with Crippen molar-refractivity contribution in [3.63, 3.8) is 0 Å². The molecule has 0 aliphatic rings. The summed E-state index contributed by atoms with van der Waals surface area (Å²) in [5.74, 6) is 0.243. The molecule has 0 saturated heterocycles. The van der Waals surface area contributed by atoms with Gasteiger partial charge in [0.15, 0.2) is 5.78 Å². The number of nitrogens with one attached hydrogen (secondary N) is 1. The highest BCUT2D eigenvalue weighted by molar-refractivity contribution is 5.91. The Labute approximate surface area is 76.7 Å². The number of carbonyl (C=O) groups is 1. The summed E-state index contributed by atoms with van der Waals surface area (Å²) < 4.78 is 0. The molecule has 0 aromatic carbocycles. The van der Waals surface area contributed by atoms with Crippen LogP contribution in [-0.2, 0) is 4.79 Å². The quantitative estimate of drug-likeness (QED) is 0.694. The molecule has 12 heavy (non-hydrogen) atoms. The van der Waals surface area contributed by atoms with Crippen molar-refractivity contribution in [2.24, 2.45) is 5.41 Å². The van der Waals surface area contributed by atoms with Crippen LogP contribution in [0, 0.1) is 5.41 Å². The number of rotatable bonds is 2. The van der Waals surface area contributed by atoms with E-state index in [0.29, 0.717) is 0 Å². The Bertz CT molecular complexity index is 154. The Balaban J connectivity index is 0. The van der Waals surface area contributed by atoms with E-state index in [9.17, 15) is 4.79 Å². The van der Waals surface area contributed by atoms with Crippen LogP contribution >= 0.6 is 0 Å². The number of ketones is 1. The van der Waals surface area contributed by atoms with E-state index in [-0.39, 0.29) is 18.6 Å². The first-order valence-corrected chi connectivity index (χ1v) is 3.95. The molecule has 0 bridgehead atoms. The first-order valence-electron chi connectivity index (χ1n) is 3.95. The van der Waals surface area contributed by atoms with E-state index in [2.05, 4.69) is 5.32 Å². The van der Waals surface area contributed by atoms with Crippen LogP contribution < -0.4 is 5.32 Å². The van der Waals surface area contributed by atoms with Gasteiger partial charge in [-0.3, -0.25) is 4.79 Å². The van der Waals surface area contributed by atoms with Gasteiger partial charge in [0.05, 0.1) is 5.54 Å². The van der Waals surface area contributed by atoms with E-state index in [1.807, 2.05) is 41.7 Å². The van der Waals surface area contributed by atoms with Gasteiger partial charge in [-0.2, -0.15) is 0 Å². The van der Waals surface area contributed by atoms with Crippen LogP contribution in [0.25, 0.3) is 0 Å². The molecule has 0 heterocycles. The van der Waals surface area contributed by atoms with Crippen LogP contribution in [0.5, 0.6) is 0 Å². The van der Waals surface area contributed by atoms with Gasteiger partial charge in [-0.15, -0.1) is 0 Å². The monoisotopic (exact) mass is 173 g/mol.